The predicted octanol–water partition coefficient (Wildman–Crippen LogP) is -0.153. The Kier molecular flexibility index (Phi) is 1.95. The number of nitrogens with one attached hydrogen (secondary N) is 1. The molecule has 1 heterocycles. The first-order chi connectivity index (χ1) is 5.15. The fraction of sp³-hybridized carbons (Fsp3) is 0.714. The molecule has 4 heteroatoms. The molecule has 4 nitrogen and oxygen atoms in total. The molecule has 1 amide bonds. The van der Waals surface area contributed by atoms with E-state index >= 15 is 0 Å². The van der Waals surface area contributed by atoms with Gasteiger partial charge >= 0.3 is 0 Å². The highest BCUT2D eigenvalue weighted by Crippen LogP contribution is 2.23. The summed E-state index contributed by atoms with van der Waals surface area (Å²) in [5.74, 6) is -0.0862. The second-order valence-corrected chi connectivity index (χ2v) is 2.89. The summed E-state index contributed by atoms with van der Waals surface area (Å²) in [5, 5.41) is 3.90. The Hall–Kier alpha value is -0.900. The molecule has 0 saturated carbocycles. The maximum Gasteiger partial charge on any atom is 0.253 e. The second-order valence-electron chi connectivity index (χ2n) is 2.89. The molecule has 11 heavy (non-hydrogen) atoms. The van der Waals surface area contributed by atoms with Gasteiger partial charge in [-0.1, -0.05) is 6.92 Å². The number of nitrogens with zero attached hydrogens (tertiary/aromatic N) is 1. The smallest absolute Gasteiger partial charge is 0.253 e. The summed E-state index contributed by atoms with van der Waals surface area (Å²) in [6.07, 6.45) is 0.770. The van der Waals surface area contributed by atoms with Gasteiger partial charge < -0.3 is 5.73 Å². The Bertz CT molecular complexity index is 212. The van der Waals surface area contributed by atoms with Crippen LogP contribution >= 0.6 is 0 Å². The largest absolute Gasteiger partial charge is 0.329 e. The third kappa shape index (κ3) is 1.03. The minimum absolute atomic E-state index is 0.0862. The molecule has 0 spiro atoms. The Morgan fingerprint density at radius 3 is 2.73 bits per heavy atom. The molecule has 0 aromatic rings. The number of rotatable bonds is 2. The Balaban J connectivity index is 2.90. The maximum absolute atomic E-state index is 11.2. The summed E-state index contributed by atoms with van der Waals surface area (Å²) in [5.41, 5.74) is 8.20. The van der Waals surface area contributed by atoms with Gasteiger partial charge in [0.2, 0.25) is 0 Å². The first-order valence-electron chi connectivity index (χ1n) is 3.72. The molecule has 0 fully saturated rings. The third-order valence-electron chi connectivity index (χ3n) is 2.17. The van der Waals surface area contributed by atoms with Crippen molar-refractivity contribution in [3.8, 4) is 0 Å². The van der Waals surface area contributed by atoms with Crippen molar-refractivity contribution in [3.05, 3.63) is 0 Å². The van der Waals surface area contributed by atoms with Gasteiger partial charge in [0.1, 0.15) is 5.41 Å². The summed E-state index contributed by atoms with van der Waals surface area (Å²) in [7, 11) is 0. The van der Waals surface area contributed by atoms with Crippen LogP contribution in [0.5, 0.6) is 0 Å². The lowest BCUT2D eigenvalue weighted by Crippen LogP contribution is -2.41. The molecule has 1 atom stereocenters. The molecule has 0 saturated heterocycles. The van der Waals surface area contributed by atoms with Crippen molar-refractivity contribution in [1.29, 1.82) is 0 Å². The van der Waals surface area contributed by atoms with E-state index in [9.17, 15) is 4.79 Å². The summed E-state index contributed by atoms with van der Waals surface area (Å²) in [4.78, 5) is 11.2. The van der Waals surface area contributed by atoms with Gasteiger partial charge in [-0.15, -0.1) is 0 Å². The minimum Gasteiger partial charge on any atom is -0.329 e. The van der Waals surface area contributed by atoms with E-state index in [0.29, 0.717) is 6.54 Å². The Morgan fingerprint density at radius 2 is 2.36 bits per heavy atom. The molecule has 1 unspecified atom stereocenters. The van der Waals surface area contributed by atoms with Crippen molar-refractivity contribution >= 4 is 11.6 Å². The van der Waals surface area contributed by atoms with Crippen molar-refractivity contribution in [2.75, 3.05) is 6.54 Å². The van der Waals surface area contributed by atoms with Crippen LogP contribution in [0, 0.1) is 5.41 Å². The van der Waals surface area contributed by atoms with Crippen LogP contribution in [0.4, 0.5) is 0 Å². The van der Waals surface area contributed by atoms with Gasteiger partial charge in [0.05, 0.1) is 5.71 Å². The zero-order valence-corrected chi connectivity index (χ0v) is 6.85. The van der Waals surface area contributed by atoms with Crippen LogP contribution < -0.4 is 11.2 Å². The van der Waals surface area contributed by atoms with Crippen molar-refractivity contribution in [3.63, 3.8) is 0 Å². The average molecular weight is 155 g/mol. The molecule has 0 bridgehead atoms. The molecule has 0 aromatic carbocycles. The predicted molar refractivity (Wildman–Crippen MR) is 43.0 cm³/mol. The van der Waals surface area contributed by atoms with Gasteiger partial charge in [0.15, 0.2) is 0 Å². The zero-order valence-electron chi connectivity index (χ0n) is 6.85. The SMILES string of the molecule is CCC1=NNC(=O)C1(C)CN. The molecular formula is C7H13N3O. The monoisotopic (exact) mass is 155 g/mol. The first kappa shape index (κ1) is 8.20. The van der Waals surface area contributed by atoms with Gasteiger partial charge in [0.25, 0.3) is 5.91 Å². The number of hydrogen-bond donors (Lipinski definition) is 2. The van der Waals surface area contributed by atoms with Gasteiger partial charge in [-0.2, -0.15) is 5.10 Å². The van der Waals surface area contributed by atoms with E-state index in [4.69, 9.17) is 5.73 Å². The molecule has 62 valence electrons. The zero-order chi connectivity index (χ0) is 8.48. The number of hydrazone groups is 1. The van der Waals surface area contributed by atoms with Gasteiger partial charge in [0, 0.05) is 6.54 Å². The van der Waals surface area contributed by atoms with E-state index in [1.54, 1.807) is 0 Å². The molecule has 1 rings (SSSR count). The number of nitrogens with two attached hydrogens (primary N) is 1. The van der Waals surface area contributed by atoms with Crippen LogP contribution in [0.25, 0.3) is 0 Å². The van der Waals surface area contributed by atoms with Crippen LogP contribution in [0.3, 0.4) is 0 Å². The second kappa shape index (κ2) is 2.62. The minimum atomic E-state index is -0.561. The van der Waals surface area contributed by atoms with Gasteiger partial charge in [-0.25, -0.2) is 5.43 Å². The Morgan fingerprint density at radius 1 is 1.73 bits per heavy atom. The molecule has 3 N–H and O–H groups in total. The average Bonchev–Trinajstić information content (AvgIpc) is 2.30. The number of carbonyl (C=O) groups excluding carboxylic acids is 1. The first-order valence-corrected chi connectivity index (χ1v) is 3.72. The summed E-state index contributed by atoms with van der Waals surface area (Å²) >= 11 is 0. The van der Waals surface area contributed by atoms with Crippen LogP contribution in [-0.4, -0.2) is 18.2 Å². The van der Waals surface area contributed by atoms with Crippen LogP contribution in [-0.2, 0) is 4.79 Å². The lowest BCUT2D eigenvalue weighted by Gasteiger charge is -2.19. The number of carbonyl (C=O) groups is 1. The van der Waals surface area contributed by atoms with E-state index in [1.807, 2.05) is 13.8 Å². The van der Waals surface area contributed by atoms with E-state index in [-0.39, 0.29) is 5.91 Å². The van der Waals surface area contributed by atoms with Crippen molar-refractivity contribution < 1.29 is 4.79 Å². The standard InChI is InChI=1S/C7H13N3O/c1-3-5-7(2,4-8)6(11)10-9-5/h3-4,8H2,1-2H3,(H,10,11). The summed E-state index contributed by atoms with van der Waals surface area (Å²) in [6, 6.07) is 0. The highest BCUT2D eigenvalue weighted by Gasteiger charge is 2.40. The number of amides is 1. The molecule has 0 radical (unpaired) electrons. The number of hydrogen-bond acceptors (Lipinski definition) is 3. The van der Waals surface area contributed by atoms with Gasteiger partial charge in [-0.05, 0) is 13.3 Å². The topological polar surface area (TPSA) is 67.5 Å². The molecule has 1 aliphatic heterocycles. The molecule has 0 aliphatic carbocycles. The van der Waals surface area contributed by atoms with Crippen molar-refractivity contribution in [1.82, 2.24) is 5.43 Å². The Labute approximate surface area is 65.8 Å². The van der Waals surface area contributed by atoms with Crippen LogP contribution in [0.2, 0.25) is 0 Å². The fourth-order valence-electron chi connectivity index (χ4n) is 1.18. The van der Waals surface area contributed by atoms with Gasteiger partial charge in [-0.3, -0.25) is 4.79 Å². The van der Waals surface area contributed by atoms with E-state index < -0.39 is 5.41 Å². The lowest BCUT2D eigenvalue weighted by atomic mass is 9.84. The maximum atomic E-state index is 11.2. The highest BCUT2D eigenvalue weighted by molar-refractivity contribution is 6.12. The summed E-state index contributed by atoms with van der Waals surface area (Å²) < 4.78 is 0. The van der Waals surface area contributed by atoms with Crippen molar-refractivity contribution in [2.45, 2.75) is 20.3 Å². The van der Waals surface area contributed by atoms with E-state index in [1.165, 1.54) is 0 Å². The van der Waals surface area contributed by atoms with Crippen LogP contribution in [0.15, 0.2) is 5.10 Å². The van der Waals surface area contributed by atoms with Crippen LogP contribution in [0.1, 0.15) is 20.3 Å². The molecular weight excluding hydrogens is 142 g/mol. The fourth-order valence-corrected chi connectivity index (χ4v) is 1.18. The quantitative estimate of drug-likeness (QED) is 0.582. The van der Waals surface area contributed by atoms with Crippen molar-refractivity contribution in [2.24, 2.45) is 16.3 Å². The third-order valence-corrected chi connectivity index (χ3v) is 2.17. The lowest BCUT2D eigenvalue weighted by molar-refractivity contribution is -0.125. The summed E-state index contributed by atoms with van der Waals surface area (Å²) in [6.45, 7) is 4.11. The molecule has 1 aliphatic rings. The normalized spacial score (nSPS) is 30.1. The van der Waals surface area contributed by atoms with E-state index in [2.05, 4.69) is 10.5 Å². The highest BCUT2D eigenvalue weighted by atomic mass is 16.2. The van der Waals surface area contributed by atoms with E-state index in [0.717, 1.165) is 12.1 Å². The molecule has 0 aromatic heterocycles.